The standard InChI is InChI=1S/C16H21BrFNOS/c1-19-15(11-2-3-14(18)13(17)8-11)12-4-6-20-16(9-12)5-7-21-10-16/h2-3,8,12,15,19H,4-7,9-10H2,1H3. The monoisotopic (exact) mass is 373 g/mol. The van der Waals surface area contributed by atoms with Gasteiger partial charge in [0.1, 0.15) is 5.82 Å². The molecule has 2 heterocycles. The minimum Gasteiger partial charge on any atom is -0.374 e. The van der Waals surface area contributed by atoms with Gasteiger partial charge in [0.2, 0.25) is 0 Å². The van der Waals surface area contributed by atoms with E-state index in [0.29, 0.717) is 10.4 Å². The summed E-state index contributed by atoms with van der Waals surface area (Å²) in [4.78, 5) is 0. The van der Waals surface area contributed by atoms with Crippen LogP contribution in [0.4, 0.5) is 4.39 Å². The summed E-state index contributed by atoms with van der Waals surface area (Å²) < 4.78 is 20.1. The van der Waals surface area contributed by atoms with Gasteiger partial charge < -0.3 is 10.1 Å². The van der Waals surface area contributed by atoms with Gasteiger partial charge in [-0.25, -0.2) is 4.39 Å². The Labute approximate surface area is 138 Å². The number of hydrogen-bond acceptors (Lipinski definition) is 3. The first-order chi connectivity index (χ1) is 10.1. The smallest absolute Gasteiger partial charge is 0.137 e. The predicted octanol–water partition coefficient (Wildman–Crippen LogP) is 4.15. The molecule has 0 aromatic heterocycles. The number of rotatable bonds is 3. The Morgan fingerprint density at radius 3 is 3.05 bits per heavy atom. The van der Waals surface area contributed by atoms with Crippen LogP contribution in [0.15, 0.2) is 22.7 Å². The van der Waals surface area contributed by atoms with E-state index in [0.717, 1.165) is 37.2 Å². The molecule has 3 unspecified atom stereocenters. The fraction of sp³-hybridized carbons (Fsp3) is 0.625. The minimum atomic E-state index is -0.204. The molecular formula is C16H21BrFNOS. The lowest BCUT2D eigenvalue weighted by molar-refractivity contribution is -0.0850. The largest absolute Gasteiger partial charge is 0.374 e. The number of thioether (sulfide) groups is 1. The lowest BCUT2D eigenvalue weighted by Gasteiger charge is -2.41. The molecule has 3 rings (SSSR count). The van der Waals surface area contributed by atoms with Crippen molar-refractivity contribution in [1.82, 2.24) is 5.32 Å². The summed E-state index contributed by atoms with van der Waals surface area (Å²) in [6, 6.07) is 5.60. The molecule has 1 aromatic carbocycles. The minimum absolute atomic E-state index is 0.0833. The van der Waals surface area contributed by atoms with Gasteiger partial charge in [0.15, 0.2) is 0 Å². The van der Waals surface area contributed by atoms with Crippen molar-refractivity contribution in [3.63, 3.8) is 0 Å². The van der Waals surface area contributed by atoms with Gasteiger partial charge in [-0.05, 0) is 71.6 Å². The summed E-state index contributed by atoms with van der Waals surface area (Å²) >= 11 is 5.30. The Morgan fingerprint density at radius 2 is 2.38 bits per heavy atom. The number of ether oxygens (including phenoxy) is 1. The van der Waals surface area contributed by atoms with Gasteiger partial charge in [-0.3, -0.25) is 0 Å². The number of halogens is 2. The summed E-state index contributed by atoms with van der Waals surface area (Å²) in [6.07, 6.45) is 3.32. The molecule has 2 saturated heterocycles. The van der Waals surface area contributed by atoms with Crippen molar-refractivity contribution in [1.29, 1.82) is 0 Å². The van der Waals surface area contributed by atoms with E-state index in [1.807, 2.05) is 30.9 Å². The van der Waals surface area contributed by atoms with Crippen LogP contribution < -0.4 is 5.32 Å². The first kappa shape index (κ1) is 15.8. The molecular weight excluding hydrogens is 353 g/mol. The van der Waals surface area contributed by atoms with Gasteiger partial charge in [-0.2, -0.15) is 11.8 Å². The third-order valence-electron chi connectivity index (χ3n) is 4.68. The summed E-state index contributed by atoms with van der Waals surface area (Å²) in [7, 11) is 1.99. The fourth-order valence-corrected chi connectivity index (χ4v) is 5.37. The fourth-order valence-electron chi connectivity index (χ4n) is 3.59. The highest BCUT2D eigenvalue weighted by atomic mass is 79.9. The average Bonchev–Trinajstić information content (AvgIpc) is 2.91. The predicted molar refractivity (Wildman–Crippen MR) is 89.2 cm³/mol. The molecule has 116 valence electrons. The Morgan fingerprint density at radius 1 is 1.52 bits per heavy atom. The van der Waals surface area contributed by atoms with Crippen LogP contribution in [0.3, 0.4) is 0 Å². The highest BCUT2D eigenvalue weighted by Crippen LogP contribution is 2.44. The van der Waals surface area contributed by atoms with Crippen molar-refractivity contribution in [3.05, 3.63) is 34.1 Å². The molecule has 21 heavy (non-hydrogen) atoms. The summed E-state index contributed by atoms with van der Waals surface area (Å²) in [5.41, 5.74) is 1.23. The molecule has 5 heteroatoms. The van der Waals surface area contributed by atoms with E-state index in [9.17, 15) is 4.39 Å². The molecule has 3 atom stereocenters. The Balaban J connectivity index is 1.80. The second kappa shape index (κ2) is 6.57. The first-order valence-electron chi connectivity index (χ1n) is 7.47. The maximum atomic E-state index is 13.5. The lowest BCUT2D eigenvalue weighted by Crippen LogP contribution is -2.43. The van der Waals surface area contributed by atoms with Crippen LogP contribution >= 0.6 is 27.7 Å². The molecule has 1 spiro atoms. The van der Waals surface area contributed by atoms with Gasteiger partial charge >= 0.3 is 0 Å². The molecule has 2 aliphatic rings. The van der Waals surface area contributed by atoms with Crippen molar-refractivity contribution < 1.29 is 9.13 Å². The zero-order valence-corrected chi connectivity index (χ0v) is 14.6. The van der Waals surface area contributed by atoms with Gasteiger partial charge in [-0.15, -0.1) is 0 Å². The normalized spacial score (nSPS) is 30.7. The Bertz CT molecular complexity index is 507. The van der Waals surface area contributed by atoms with E-state index in [2.05, 4.69) is 21.2 Å². The first-order valence-corrected chi connectivity index (χ1v) is 9.42. The third-order valence-corrected chi connectivity index (χ3v) is 6.51. The van der Waals surface area contributed by atoms with E-state index in [1.165, 1.54) is 5.75 Å². The molecule has 0 amide bonds. The van der Waals surface area contributed by atoms with Crippen LogP contribution in [0.2, 0.25) is 0 Å². The van der Waals surface area contributed by atoms with Crippen molar-refractivity contribution in [2.45, 2.75) is 30.9 Å². The summed E-state index contributed by atoms with van der Waals surface area (Å²) in [6.45, 7) is 0.839. The zero-order valence-electron chi connectivity index (χ0n) is 12.2. The van der Waals surface area contributed by atoms with Crippen molar-refractivity contribution >= 4 is 27.7 Å². The van der Waals surface area contributed by atoms with E-state index >= 15 is 0 Å². The number of nitrogens with one attached hydrogen (secondary N) is 1. The molecule has 2 aliphatic heterocycles. The van der Waals surface area contributed by atoms with Crippen LogP contribution in [0.25, 0.3) is 0 Å². The molecule has 0 bridgehead atoms. The molecule has 2 fully saturated rings. The number of hydrogen-bond donors (Lipinski definition) is 1. The average molecular weight is 374 g/mol. The van der Waals surface area contributed by atoms with Gasteiger partial charge in [0.05, 0.1) is 10.1 Å². The van der Waals surface area contributed by atoms with Crippen molar-refractivity contribution in [3.8, 4) is 0 Å². The second-order valence-electron chi connectivity index (χ2n) is 6.03. The highest BCUT2D eigenvalue weighted by molar-refractivity contribution is 9.10. The lowest BCUT2D eigenvalue weighted by atomic mass is 9.79. The molecule has 0 aliphatic carbocycles. The van der Waals surface area contributed by atoms with Gasteiger partial charge in [0.25, 0.3) is 0 Å². The summed E-state index contributed by atoms with van der Waals surface area (Å²) in [5, 5.41) is 3.44. The van der Waals surface area contributed by atoms with E-state index < -0.39 is 0 Å². The molecule has 2 nitrogen and oxygen atoms in total. The van der Waals surface area contributed by atoms with Crippen molar-refractivity contribution in [2.75, 3.05) is 25.2 Å². The topological polar surface area (TPSA) is 21.3 Å². The van der Waals surface area contributed by atoms with Crippen LogP contribution in [0.5, 0.6) is 0 Å². The molecule has 0 saturated carbocycles. The quantitative estimate of drug-likeness (QED) is 0.859. The highest BCUT2D eigenvalue weighted by Gasteiger charge is 2.42. The van der Waals surface area contributed by atoms with Crippen LogP contribution in [0, 0.1) is 11.7 Å². The number of benzene rings is 1. The van der Waals surface area contributed by atoms with Crippen LogP contribution in [0.1, 0.15) is 30.9 Å². The second-order valence-corrected chi connectivity index (χ2v) is 7.99. The van der Waals surface area contributed by atoms with Crippen molar-refractivity contribution in [2.24, 2.45) is 5.92 Å². The Kier molecular flexibility index (Phi) is 4.94. The van der Waals surface area contributed by atoms with Gasteiger partial charge in [0, 0.05) is 18.4 Å². The molecule has 0 radical (unpaired) electrons. The third kappa shape index (κ3) is 3.31. The van der Waals surface area contributed by atoms with Crippen LogP contribution in [-0.2, 0) is 4.74 Å². The molecule has 1 N–H and O–H groups in total. The van der Waals surface area contributed by atoms with E-state index in [1.54, 1.807) is 6.07 Å². The molecule has 1 aromatic rings. The zero-order chi connectivity index (χ0) is 14.9. The summed E-state index contributed by atoms with van der Waals surface area (Å²) in [5.74, 6) is 2.66. The maximum absolute atomic E-state index is 13.5. The van der Waals surface area contributed by atoms with Crippen LogP contribution in [-0.4, -0.2) is 30.8 Å². The SMILES string of the molecule is CNC(c1ccc(F)c(Br)c1)C1CCOC2(CCSC2)C1. The Hall–Kier alpha value is -0.100. The van der Waals surface area contributed by atoms with E-state index in [4.69, 9.17) is 4.74 Å². The van der Waals surface area contributed by atoms with Gasteiger partial charge in [-0.1, -0.05) is 6.07 Å². The maximum Gasteiger partial charge on any atom is 0.137 e. The van der Waals surface area contributed by atoms with E-state index in [-0.39, 0.29) is 17.5 Å².